The molecule has 0 atom stereocenters. The fraction of sp³-hybridized carbons (Fsp3) is 0.286. The Morgan fingerprint density at radius 1 is 1.08 bits per heavy atom. The van der Waals surface area contributed by atoms with Gasteiger partial charge in [-0.25, -0.2) is 8.78 Å². The lowest BCUT2D eigenvalue weighted by atomic mass is 9.93. The second-order valence-corrected chi connectivity index (χ2v) is 10.6. The molecule has 0 unspecified atom stereocenters. The Hall–Kier alpha value is -3.23. The average Bonchev–Trinajstić information content (AvgIpc) is 3.28. The van der Waals surface area contributed by atoms with Crippen molar-refractivity contribution >= 4 is 38.9 Å². The van der Waals surface area contributed by atoms with Crippen LogP contribution in [-0.4, -0.2) is 29.2 Å². The first-order valence-electron chi connectivity index (χ1n) is 12.1. The number of hydrogen-bond donors (Lipinski definition) is 1. The van der Waals surface area contributed by atoms with Gasteiger partial charge in [-0.3, -0.25) is 10.0 Å². The summed E-state index contributed by atoms with van der Waals surface area (Å²) in [5.74, 6) is -0.967. The monoisotopic (exact) mass is 543 g/mol. The summed E-state index contributed by atoms with van der Waals surface area (Å²) in [6, 6.07) is 11.4. The summed E-state index contributed by atoms with van der Waals surface area (Å²) in [4.78, 5) is 15.9. The Kier molecular flexibility index (Phi) is 7.31. The molecule has 2 aromatic heterocycles. The molecule has 1 amide bonds. The second kappa shape index (κ2) is 10.6. The third kappa shape index (κ3) is 5.00. The Morgan fingerprint density at radius 3 is 2.46 bits per heavy atom. The molecule has 192 valence electrons. The summed E-state index contributed by atoms with van der Waals surface area (Å²) >= 11 is 7.39. The van der Waals surface area contributed by atoms with E-state index in [1.54, 1.807) is 36.5 Å². The van der Waals surface area contributed by atoms with Crippen molar-refractivity contribution in [1.29, 1.82) is 0 Å². The van der Waals surface area contributed by atoms with Gasteiger partial charge in [0, 0.05) is 35.0 Å². The van der Waals surface area contributed by atoms with E-state index in [9.17, 15) is 18.8 Å². The number of methoxy groups -OCH3 is 1. The number of nitrogens with zero attached hydrogens (tertiary/aromatic N) is 2. The average molecular weight is 544 g/mol. The topological polar surface area (TPSA) is 53.7 Å². The molecule has 2 heterocycles. The Morgan fingerprint density at radius 2 is 1.78 bits per heavy atom. The molecule has 0 saturated heterocycles. The van der Waals surface area contributed by atoms with E-state index < -0.39 is 11.6 Å². The maximum atomic E-state index is 14.5. The first-order chi connectivity index (χ1) is 17.9. The molecule has 37 heavy (non-hydrogen) atoms. The zero-order valence-corrected chi connectivity index (χ0v) is 21.8. The molecule has 0 aliphatic heterocycles. The van der Waals surface area contributed by atoms with Gasteiger partial charge in [-0.2, -0.15) is 0 Å². The number of ether oxygens (including phenoxy) is 1. The number of rotatable bonds is 6. The fourth-order valence-corrected chi connectivity index (χ4v) is 6.51. The van der Waals surface area contributed by atoms with Crippen LogP contribution in [0.2, 0.25) is 5.02 Å². The Balaban J connectivity index is 1.56. The summed E-state index contributed by atoms with van der Waals surface area (Å²) in [6.07, 6.45) is 7.87. The highest BCUT2D eigenvalue weighted by atomic mass is 35.5. The van der Waals surface area contributed by atoms with Crippen LogP contribution >= 0.6 is 22.9 Å². The summed E-state index contributed by atoms with van der Waals surface area (Å²) in [6.45, 7) is 0.253. The van der Waals surface area contributed by atoms with Gasteiger partial charge < -0.3 is 9.64 Å². The zero-order chi connectivity index (χ0) is 26.1. The van der Waals surface area contributed by atoms with Crippen LogP contribution in [0.15, 0.2) is 54.9 Å². The minimum atomic E-state index is -0.651. The number of amides is 1. The highest BCUT2D eigenvalue weighted by molar-refractivity contribution is 7.21. The SMILES string of the molecule is COc1ccc(-c2cc[n+](O)cc2)cc1CN(C(=O)c1sc2c(F)ccc(F)c2c1Cl)C1CCCCC1. The molecule has 1 saturated carbocycles. The van der Waals surface area contributed by atoms with E-state index in [-0.39, 0.29) is 38.5 Å². The van der Waals surface area contributed by atoms with Crippen LogP contribution in [0.25, 0.3) is 21.2 Å². The lowest BCUT2D eigenvalue weighted by Crippen LogP contribution is -2.40. The second-order valence-electron chi connectivity index (χ2n) is 9.20. The predicted molar refractivity (Wildman–Crippen MR) is 139 cm³/mol. The van der Waals surface area contributed by atoms with Gasteiger partial charge in [0.1, 0.15) is 22.3 Å². The van der Waals surface area contributed by atoms with Crippen molar-refractivity contribution < 1.29 is 28.2 Å². The summed E-state index contributed by atoms with van der Waals surface area (Å²) in [5, 5.41) is 9.47. The molecule has 0 bridgehead atoms. The molecule has 1 aliphatic rings. The lowest BCUT2D eigenvalue weighted by Gasteiger charge is -2.34. The summed E-state index contributed by atoms with van der Waals surface area (Å²) in [5.41, 5.74) is 2.59. The molecule has 1 N–H and O–H groups in total. The maximum Gasteiger partial charge on any atom is 0.266 e. The van der Waals surface area contributed by atoms with E-state index in [0.29, 0.717) is 5.75 Å². The summed E-state index contributed by atoms with van der Waals surface area (Å²) < 4.78 is 35.7. The van der Waals surface area contributed by atoms with Crippen LogP contribution in [0, 0.1) is 11.6 Å². The van der Waals surface area contributed by atoms with Gasteiger partial charge in [0.15, 0.2) is 0 Å². The highest BCUT2D eigenvalue weighted by Gasteiger charge is 2.31. The zero-order valence-electron chi connectivity index (χ0n) is 20.2. The highest BCUT2D eigenvalue weighted by Crippen LogP contribution is 2.40. The predicted octanol–water partition coefficient (Wildman–Crippen LogP) is 7.01. The standard InChI is InChI=1S/C28H26ClF2N2O3S/c1-36-23-10-7-18(17-11-13-32(35)14-12-17)15-19(23)16-33(20-5-3-2-4-6-20)28(34)27-25(29)24-21(30)8-9-22(31)26(24)37-27/h7-15,20,35H,2-6,16H2,1H3/q+1. The normalized spacial score (nSPS) is 14.2. The number of carbonyl (C=O) groups is 1. The van der Waals surface area contributed by atoms with Crippen molar-refractivity contribution in [3.63, 3.8) is 0 Å². The third-order valence-corrected chi connectivity index (χ3v) is 8.60. The number of aromatic nitrogens is 1. The minimum Gasteiger partial charge on any atom is -0.496 e. The van der Waals surface area contributed by atoms with Gasteiger partial charge in [0.05, 0.1) is 22.2 Å². The first kappa shape index (κ1) is 25.4. The molecule has 1 aliphatic carbocycles. The van der Waals surface area contributed by atoms with Gasteiger partial charge in [-0.05, 0) is 48.2 Å². The van der Waals surface area contributed by atoms with E-state index in [4.69, 9.17) is 16.3 Å². The van der Waals surface area contributed by atoms with E-state index in [2.05, 4.69) is 0 Å². The Labute approximate surface area is 222 Å². The largest absolute Gasteiger partial charge is 0.496 e. The van der Waals surface area contributed by atoms with Crippen molar-refractivity contribution in [2.75, 3.05) is 7.11 Å². The van der Waals surface area contributed by atoms with Crippen molar-refractivity contribution in [2.24, 2.45) is 0 Å². The molecular weight excluding hydrogens is 518 g/mol. The number of carbonyl (C=O) groups excluding carboxylic acids is 1. The molecule has 0 radical (unpaired) electrons. The molecule has 2 aromatic carbocycles. The van der Waals surface area contributed by atoms with Gasteiger partial charge in [-0.1, -0.05) is 36.9 Å². The number of pyridine rings is 1. The number of thiophene rings is 1. The van der Waals surface area contributed by atoms with Gasteiger partial charge in [0.25, 0.3) is 5.91 Å². The van der Waals surface area contributed by atoms with Crippen LogP contribution in [-0.2, 0) is 6.54 Å². The van der Waals surface area contributed by atoms with Gasteiger partial charge in [0.2, 0.25) is 12.4 Å². The van der Waals surface area contributed by atoms with Gasteiger partial charge >= 0.3 is 0 Å². The quantitative estimate of drug-likeness (QED) is 0.210. The number of hydrogen-bond acceptors (Lipinski definition) is 4. The van der Waals surface area contributed by atoms with Crippen molar-refractivity contribution in [1.82, 2.24) is 4.90 Å². The van der Waals surface area contributed by atoms with Crippen LogP contribution in [0.1, 0.15) is 47.3 Å². The van der Waals surface area contributed by atoms with Gasteiger partial charge in [-0.15, -0.1) is 11.3 Å². The minimum absolute atomic E-state index is 0.0318. The third-order valence-electron chi connectivity index (χ3n) is 6.92. The molecule has 5 nitrogen and oxygen atoms in total. The molecule has 9 heteroatoms. The van der Waals surface area contributed by atoms with Crippen molar-refractivity contribution in [3.8, 4) is 16.9 Å². The number of benzene rings is 2. The smallest absolute Gasteiger partial charge is 0.266 e. The van der Waals surface area contributed by atoms with Crippen molar-refractivity contribution in [2.45, 2.75) is 44.7 Å². The fourth-order valence-electron chi connectivity index (χ4n) is 5.00. The van der Waals surface area contributed by atoms with Crippen LogP contribution in [0.5, 0.6) is 5.75 Å². The van der Waals surface area contributed by atoms with Crippen molar-refractivity contribution in [3.05, 3.63) is 82.0 Å². The van der Waals surface area contributed by atoms with E-state index >= 15 is 0 Å². The number of fused-ring (bicyclic) bond motifs is 1. The lowest BCUT2D eigenvalue weighted by molar-refractivity contribution is -0.904. The van der Waals surface area contributed by atoms with Crippen LogP contribution < -0.4 is 9.47 Å². The van der Waals surface area contributed by atoms with E-state index in [0.717, 1.165) is 77.0 Å². The maximum absolute atomic E-state index is 14.5. The van der Waals surface area contributed by atoms with Crippen LogP contribution in [0.3, 0.4) is 0 Å². The molecule has 4 aromatic rings. The first-order valence-corrected chi connectivity index (χ1v) is 13.3. The van der Waals surface area contributed by atoms with E-state index in [1.807, 2.05) is 18.2 Å². The molecule has 5 rings (SSSR count). The molecule has 1 fully saturated rings. The Bertz CT molecular complexity index is 1450. The van der Waals surface area contributed by atoms with E-state index in [1.165, 1.54) is 0 Å². The van der Waals surface area contributed by atoms with Crippen LogP contribution in [0.4, 0.5) is 8.78 Å². The summed E-state index contributed by atoms with van der Waals surface area (Å²) in [7, 11) is 1.58. The number of halogens is 3. The molecule has 0 spiro atoms. The molecular formula is C28H26ClF2N2O3S+.